The highest BCUT2D eigenvalue weighted by molar-refractivity contribution is 6.63. The van der Waals surface area contributed by atoms with Crippen LogP contribution in [0.3, 0.4) is 0 Å². The van der Waals surface area contributed by atoms with E-state index in [0.717, 1.165) is 6.42 Å². The molecule has 4 nitrogen and oxygen atoms in total. The maximum absolute atomic E-state index is 13.5. The molecule has 1 heterocycles. The van der Waals surface area contributed by atoms with Gasteiger partial charge in [0.15, 0.2) is 0 Å². The molecule has 0 aromatic heterocycles. The largest absolute Gasteiger partial charge is 0.498 e. The molecule has 0 atom stereocenters. The molecule has 1 fully saturated rings. The Balaban J connectivity index is 2.17. The van der Waals surface area contributed by atoms with Crippen LogP contribution < -0.4 is 10.2 Å². The zero-order chi connectivity index (χ0) is 16.4. The van der Waals surface area contributed by atoms with Crippen LogP contribution in [-0.2, 0) is 14.0 Å². The van der Waals surface area contributed by atoms with Gasteiger partial charge < -0.3 is 18.8 Å². The summed E-state index contributed by atoms with van der Waals surface area (Å²) in [6.07, 6.45) is 0.732. The molecule has 122 valence electrons. The summed E-state index contributed by atoms with van der Waals surface area (Å²) in [6, 6.07) is 4.42. The van der Waals surface area contributed by atoms with Crippen molar-refractivity contribution in [1.29, 1.82) is 0 Å². The normalized spacial score (nSPS) is 19.5. The molecule has 1 aliphatic rings. The summed E-state index contributed by atoms with van der Waals surface area (Å²) >= 11 is 0. The van der Waals surface area contributed by atoms with E-state index in [0.29, 0.717) is 24.4 Å². The second kappa shape index (κ2) is 6.56. The fourth-order valence-corrected chi connectivity index (χ4v) is 2.18. The highest BCUT2D eigenvalue weighted by Gasteiger charge is 2.52. The summed E-state index contributed by atoms with van der Waals surface area (Å²) < 4.78 is 36.2. The van der Waals surface area contributed by atoms with Gasteiger partial charge in [-0.15, -0.1) is 0 Å². The Bertz CT molecular complexity index is 503. The summed E-state index contributed by atoms with van der Waals surface area (Å²) in [5.41, 5.74) is -0.184. The summed E-state index contributed by atoms with van der Waals surface area (Å²) in [4.78, 5) is 0. The van der Waals surface area contributed by atoms with Crippen molar-refractivity contribution in [2.45, 2.75) is 45.3 Å². The van der Waals surface area contributed by atoms with Gasteiger partial charge in [-0.05, 0) is 33.8 Å². The smallest absolute Gasteiger partial charge is 0.494 e. The second-order valence-corrected chi connectivity index (χ2v) is 6.47. The number of benzene rings is 1. The first kappa shape index (κ1) is 17.3. The molecule has 1 saturated heterocycles. The van der Waals surface area contributed by atoms with Gasteiger partial charge >= 0.3 is 7.12 Å². The van der Waals surface area contributed by atoms with Crippen LogP contribution in [0.5, 0.6) is 5.75 Å². The van der Waals surface area contributed by atoms with E-state index in [1.165, 1.54) is 12.1 Å². The van der Waals surface area contributed by atoms with E-state index in [9.17, 15) is 4.39 Å². The summed E-state index contributed by atoms with van der Waals surface area (Å²) in [7, 11) is 1.07. The number of hydrogen-bond donors (Lipinski definition) is 0. The molecule has 0 saturated carbocycles. The molecule has 0 N–H and O–H groups in total. The van der Waals surface area contributed by atoms with E-state index in [1.807, 2.05) is 27.7 Å². The molecule has 1 aliphatic heterocycles. The van der Waals surface area contributed by atoms with Crippen molar-refractivity contribution in [3.8, 4) is 5.75 Å². The minimum Gasteiger partial charge on any atom is -0.494 e. The SMILES string of the molecule is COCCCOc1cc(F)ccc1B1OC(C)(C)C(C)(C)O1. The van der Waals surface area contributed by atoms with Crippen LogP contribution in [0.25, 0.3) is 0 Å². The predicted molar refractivity (Wildman–Crippen MR) is 84.1 cm³/mol. The van der Waals surface area contributed by atoms with Crippen LogP contribution in [-0.4, -0.2) is 38.6 Å². The monoisotopic (exact) mass is 310 g/mol. The third-order valence-corrected chi connectivity index (χ3v) is 4.23. The number of ether oxygens (including phenoxy) is 2. The number of rotatable bonds is 6. The van der Waals surface area contributed by atoms with E-state index in [2.05, 4.69) is 0 Å². The average molecular weight is 310 g/mol. The van der Waals surface area contributed by atoms with E-state index < -0.39 is 18.3 Å². The quantitative estimate of drug-likeness (QED) is 0.598. The van der Waals surface area contributed by atoms with E-state index in [4.69, 9.17) is 18.8 Å². The highest BCUT2D eigenvalue weighted by Crippen LogP contribution is 2.37. The number of hydrogen-bond acceptors (Lipinski definition) is 4. The van der Waals surface area contributed by atoms with Crippen LogP contribution in [0.1, 0.15) is 34.1 Å². The predicted octanol–water partition coefficient (Wildman–Crippen LogP) is 2.54. The topological polar surface area (TPSA) is 36.9 Å². The minimum atomic E-state index is -0.567. The Morgan fingerprint density at radius 1 is 1.09 bits per heavy atom. The van der Waals surface area contributed by atoms with Crippen molar-refractivity contribution in [2.75, 3.05) is 20.3 Å². The van der Waals surface area contributed by atoms with Gasteiger partial charge in [0.05, 0.1) is 17.8 Å². The molecule has 0 aliphatic carbocycles. The van der Waals surface area contributed by atoms with Gasteiger partial charge in [0.1, 0.15) is 11.6 Å². The van der Waals surface area contributed by atoms with Crippen LogP contribution in [0.2, 0.25) is 0 Å². The molecule has 1 aromatic carbocycles. The van der Waals surface area contributed by atoms with Crippen molar-refractivity contribution in [3.63, 3.8) is 0 Å². The van der Waals surface area contributed by atoms with Crippen molar-refractivity contribution < 1.29 is 23.2 Å². The molecular formula is C16H24BFO4. The fraction of sp³-hybridized carbons (Fsp3) is 0.625. The fourth-order valence-electron chi connectivity index (χ4n) is 2.18. The molecule has 0 radical (unpaired) electrons. The first-order chi connectivity index (χ1) is 10.3. The molecule has 0 amide bonds. The van der Waals surface area contributed by atoms with Crippen LogP contribution in [0.15, 0.2) is 18.2 Å². The third kappa shape index (κ3) is 3.62. The lowest BCUT2D eigenvalue weighted by molar-refractivity contribution is 0.00578. The molecule has 2 rings (SSSR count). The van der Waals surface area contributed by atoms with Gasteiger partial charge in [-0.2, -0.15) is 0 Å². The average Bonchev–Trinajstić information content (AvgIpc) is 2.63. The Morgan fingerprint density at radius 3 is 2.32 bits per heavy atom. The van der Waals surface area contributed by atoms with Crippen LogP contribution >= 0.6 is 0 Å². The van der Waals surface area contributed by atoms with Gasteiger partial charge in [-0.3, -0.25) is 0 Å². The van der Waals surface area contributed by atoms with E-state index in [-0.39, 0.29) is 5.82 Å². The van der Waals surface area contributed by atoms with Crippen LogP contribution in [0.4, 0.5) is 4.39 Å². The highest BCUT2D eigenvalue weighted by atomic mass is 19.1. The molecule has 6 heteroatoms. The van der Waals surface area contributed by atoms with E-state index in [1.54, 1.807) is 13.2 Å². The van der Waals surface area contributed by atoms with Crippen molar-refractivity contribution in [3.05, 3.63) is 24.0 Å². The van der Waals surface area contributed by atoms with E-state index >= 15 is 0 Å². The standard InChI is InChI=1S/C16H24BFO4/c1-15(2)16(3,4)22-17(21-15)13-8-7-12(18)11-14(13)20-10-6-9-19-5/h7-8,11H,6,9-10H2,1-5H3. The molecule has 1 aromatic rings. The third-order valence-electron chi connectivity index (χ3n) is 4.23. The zero-order valence-corrected chi connectivity index (χ0v) is 13.9. The zero-order valence-electron chi connectivity index (χ0n) is 13.9. The molecule has 0 spiro atoms. The van der Waals surface area contributed by atoms with Gasteiger partial charge in [0, 0.05) is 31.7 Å². The molecule has 22 heavy (non-hydrogen) atoms. The summed E-state index contributed by atoms with van der Waals surface area (Å²) in [5, 5.41) is 0. The minimum absolute atomic E-state index is 0.345. The molecular weight excluding hydrogens is 286 g/mol. The Kier molecular flexibility index (Phi) is 5.15. The summed E-state index contributed by atoms with van der Waals surface area (Å²) in [5.74, 6) is 0.108. The van der Waals surface area contributed by atoms with Crippen molar-refractivity contribution in [2.24, 2.45) is 0 Å². The van der Waals surface area contributed by atoms with Crippen molar-refractivity contribution >= 4 is 12.6 Å². The lowest BCUT2D eigenvalue weighted by Crippen LogP contribution is -2.41. The summed E-state index contributed by atoms with van der Waals surface area (Å²) in [6.45, 7) is 8.97. The maximum atomic E-state index is 13.5. The Labute approximate surface area is 132 Å². The second-order valence-electron chi connectivity index (χ2n) is 6.47. The Morgan fingerprint density at radius 2 is 1.73 bits per heavy atom. The Hall–Kier alpha value is -1.11. The van der Waals surface area contributed by atoms with Crippen molar-refractivity contribution in [1.82, 2.24) is 0 Å². The number of halogens is 1. The lowest BCUT2D eigenvalue weighted by atomic mass is 9.78. The molecule has 0 bridgehead atoms. The van der Waals surface area contributed by atoms with Gasteiger partial charge in [0.25, 0.3) is 0 Å². The maximum Gasteiger partial charge on any atom is 0.498 e. The first-order valence-electron chi connectivity index (χ1n) is 7.54. The van der Waals surface area contributed by atoms with Gasteiger partial charge in [-0.1, -0.05) is 6.07 Å². The number of methoxy groups -OCH3 is 1. The first-order valence-corrected chi connectivity index (χ1v) is 7.54. The molecule has 0 unspecified atom stereocenters. The van der Waals surface area contributed by atoms with Gasteiger partial charge in [-0.25, -0.2) is 4.39 Å². The van der Waals surface area contributed by atoms with Gasteiger partial charge in [0.2, 0.25) is 0 Å². The lowest BCUT2D eigenvalue weighted by Gasteiger charge is -2.32. The van der Waals surface area contributed by atoms with Crippen LogP contribution in [0, 0.1) is 5.82 Å².